The lowest BCUT2D eigenvalue weighted by Gasteiger charge is -2.30. The largest absolute Gasteiger partial charge is 0.356 e. The molecule has 1 fully saturated rings. The summed E-state index contributed by atoms with van der Waals surface area (Å²) in [6.45, 7) is 10.4. The molecule has 0 aliphatic carbocycles. The quantitative estimate of drug-likeness (QED) is 0.388. The van der Waals surface area contributed by atoms with E-state index in [4.69, 9.17) is 0 Å². The fraction of sp³-hybridized carbons (Fsp3) is 0.636. The van der Waals surface area contributed by atoms with Crippen molar-refractivity contribution in [3.8, 4) is 0 Å². The van der Waals surface area contributed by atoms with Gasteiger partial charge < -0.3 is 20.4 Å². The molecule has 1 heterocycles. The highest BCUT2D eigenvalue weighted by Crippen LogP contribution is 2.15. The van der Waals surface area contributed by atoms with Crippen molar-refractivity contribution in [2.75, 3.05) is 46.3 Å². The first-order chi connectivity index (χ1) is 13.6. The van der Waals surface area contributed by atoms with Gasteiger partial charge in [-0.2, -0.15) is 0 Å². The number of likely N-dealkylation sites (tertiary alicyclic amines) is 1. The predicted octanol–water partition coefficient (Wildman–Crippen LogP) is 2.32. The number of guanidine groups is 1. The fourth-order valence-corrected chi connectivity index (χ4v) is 3.47. The molecule has 0 spiro atoms. The SMILES string of the molecule is CCN(Cc1ccccc1)C(=O)CNC(=NC)NCCCN1CCC(C)CC1. The number of carbonyl (C=O) groups excluding carboxylic acids is 1. The standard InChI is InChI=1S/C22H37N5O/c1-4-27(18-20-9-6-5-7-10-20)21(28)17-25-22(23-3)24-13-8-14-26-15-11-19(2)12-16-26/h5-7,9-10,19H,4,8,11-18H2,1-3H3,(H2,23,24,25). The van der Waals surface area contributed by atoms with Gasteiger partial charge in [0.25, 0.3) is 0 Å². The van der Waals surface area contributed by atoms with E-state index in [2.05, 4.69) is 27.4 Å². The van der Waals surface area contributed by atoms with E-state index in [1.165, 1.54) is 25.9 Å². The predicted molar refractivity (Wildman–Crippen MR) is 116 cm³/mol. The van der Waals surface area contributed by atoms with Gasteiger partial charge in [0.2, 0.25) is 5.91 Å². The molecule has 0 aromatic heterocycles. The molecule has 0 atom stereocenters. The second-order valence-electron chi connectivity index (χ2n) is 7.62. The number of carbonyl (C=O) groups is 1. The first kappa shape index (κ1) is 22.2. The Labute approximate surface area is 170 Å². The first-order valence-corrected chi connectivity index (χ1v) is 10.6. The zero-order valence-corrected chi connectivity index (χ0v) is 17.8. The summed E-state index contributed by atoms with van der Waals surface area (Å²) in [7, 11) is 1.74. The number of nitrogens with one attached hydrogen (secondary N) is 2. The number of likely N-dealkylation sites (N-methyl/N-ethyl adjacent to an activating group) is 1. The first-order valence-electron chi connectivity index (χ1n) is 10.6. The van der Waals surface area contributed by atoms with Crippen molar-refractivity contribution in [3.05, 3.63) is 35.9 Å². The summed E-state index contributed by atoms with van der Waals surface area (Å²) >= 11 is 0. The summed E-state index contributed by atoms with van der Waals surface area (Å²) in [5, 5.41) is 6.47. The number of hydrogen-bond acceptors (Lipinski definition) is 3. The van der Waals surface area contributed by atoms with Gasteiger partial charge in [0.05, 0.1) is 6.54 Å². The third-order valence-corrected chi connectivity index (χ3v) is 5.40. The molecule has 1 aromatic rings. The second kappa shape index (κ2) is 12.4. The lowest BCUT2D eigenvalue weighted by Crippen LogP contribution is -2.45. The molecule has 6 heteroatoms. The van der Waals surface area contributed by atoms with Crippen LogP contribution >= 0.6 is 0 Å². The Balaban J connectivity index is 1.65. The van der Waals surface area contributed by atoms with Crippen molar-refractivity contribution >= 4 is 11.9 Å². The highest BCUT2D eigenvalue weighted by molar-refractivity contribution is 5.86. The van der Waals surface area contributed by atoms with Crippen molar-refractivity contribution in [1.29, 1.82) is 0 Å². The van der Waals surface area contributed by atoms with Crippen LogP contribution in [-0.4, -0.2) is 68.0 Å². The average molecular weight is 388 g/mol. The van der Waals surface area contributed by atoms with E-state index in [9.17, 15) is 4.79 Å². The van der Waals surface area contributed by atoms with Gasteiger partial charge in [-0.25, -0.2) is 0 Å². The highest BCUT2D eigenvalue weighted by Gasteiger charge is 2.15. The van der Waals surface area contributed by atoms with Gasteiger partial charge in [-0.15, -0.1) is 0 Å². The van der Waals surface area contributed by atoms with E-state index in [0.717, 1.165) is 31.0 Å². The third kappa shape index (κ3) is 7.89. The smallest absolute Gasteiger partial charge is 0.242 e. The van der Waals surface area contributed by atoms with E-state index in [1.54, 1.807) is 7.05 Å². The van der Waals surface area contributed by atoms with Crippen LogP contribution in [0.3, 0.4) is 0 Å². The molecular weight excluding hydrogens is 350 g/mol. The molecule has 0 radical (unpaired) electrons. The molecule has 0 saturated carbocycles. The fourth-order valence-electron chi connectivity index (χ4n) is 3.47. The average Bonchev–Trinajstić information content (AvgIpc) is 2.73. The lowest BCUT2D eigenvalue weighted by atomic mass is 9.99. The van der Waals surface area contributed by atoms with E-state index in [0.29, 0.717) is 19.0 Å². The zero-order valence-electron chi connectivity index (χ0n) is 17.8. The number of amides is 1. The number of hydrogen-bond donors (Lipinski definition) is 2. The van der Waals surface area contributed by atoms with E-state index in [-0.39, 0.29) is 12.5 Å². The Kier molecular flexibility index (Phi) is 9.83. The Morgan fingerprint density at radius 3 is 2.57 bits per heavy atom. The monoisotopic (exact) mass is 387 g/mol. The zero-order chi connectivity index (χ0) is 20.2. The number of piperidine rings is 1. The van der Waals surface area contributed by atoms with Crippen molar-refractivity contribution < 1.29 is 4.79 Å². The van der Waals surface area contributed by atoms with Crippen molar-refractivity contribution in [3.63, 3.8) is 0 Å². The van der Waals surface area contributed by atoms with E-state index < -0.39 is 0 Å². The van der Waals surface area contributed by atoms with Gasteiger partial charge in [-0.1, -0.05) is 37.3 Å². The molecule has 156 valence electrons. The van der Waals surface area contributed by atoms with Gasteiger partial charge in [-0.05, 0) is 57.3 Å². The van der Waals surface area contributed by atoms with Crippen molar-refractivity contribution in [2.45, 2.75) is 39.7 Å². The summed E-state index contributed by atoms with van der Waals surface area (Å²) in [6.07, 6.45) is 3.71. The molecule has 0 unspecified atom stereocenters. The Hall–Kier alpha value is -2.08. The molecule has 6 nitrogen and oxygen atoms in total. The maximum atomic E-state index is 12.5. The molecule has 1 aliphatic rings. The minimum absolute atomic E-state index is 0.0803. The summed E-state index contributed by atoms with van der Waals surface area (Å²) in [6, 6.07) is 10.1. The van der Waals surface area contributed by atoms with Crippen LogP contribution in [0.5, 0.6) is 0 Å². The van der Waals surface area contributed by atoms with Crippen LogP contribution in [0.4, 0.5) is 0 Å². The number of aliphatic imine (C=N–C) groups is 1. The maximum absolute atomic E-state index is 12.5. The van der Waals surface area contributed by atoms with Gasteiger partial charge in [0.15, 0.2) is 5.96 Å². The van der Waals surface area contributed by atoms with Gasteiger partial charge in [-0.3, -0.25) is 9.79 Å². The normalized spacial score (nSPS) is 16.0. The third-order valence-electron chi connectivity index (χ3n) is 5.40. The molecule has 1 aromatic carbocycles. The Morgan fingerprint density at radius 2 is 1.93 bits per heavy atom. The summed E-state index contributed by atoms with van der Waals surface area (Å²) in [4.78, 5) is 21.2. The molecule has 28 heavy (non-hydrogen) atoms. The van der Waals surface area contributed by atoms with Crippen molar-refractivity contribution in [2.24, 2.45) is 10.9 Å². The Bertz CT molecular complexity index is 596. The van der Waals surface area contributed by atoms with E-state index >= 15 is 0 Å². The number of benzene rings is 1. The molecular formula is C22H37N5O. The molecule has 1 saturated heterocycles. The van der Waals surface area contributed by atoms with Crippen LogP contribution in [0.1, 0.15) is 38.7 Å². The van der Waals surface area contributed by atoms with Crippen LogP contribution in [0.15, 0.2) is 35.3 Å². The van der Waals surface area contributed by atoms with Crippen LogP contribution in [0.25, 0.3) is 0 Å². The van der Waals surface area contributed by atoms with Gasteiger partial charge in [0, 0.05) is 26.7 Å². The molecule has 2 N–H and O–H groups in total. The summed E-state index contributed by atoms with van der Waals surface area (Å²) in [5.74, 6) is 1.65. The minimum atomic E-state index is 0.0803. The van der Waals surface area contributed by atoms with Gasteiger partial charge in [0.1, 0.15) is 0 Å². The van der Waals surface area contributed by atoms with Gasteiger partial charge >= 0.3 is 0 Å². The summed E-state index contributed by atoms with van der Waals surface area (Å²) in [5.41, 5.74) is 1.15. The second-order valence-corrected chi connectivity index (χ2v) is 7.62. The number of nitrogens with zero attached hydrogens (tertiary/aromatic N) is 3. The minimum Gasteiger partial charge on any atom is -0.356 e. The Morgan fingerprint density at radius 1 is 1.21 bits per heavy atom. The molecule has 1 aliphatic heterocycles. The van der Waals surface area contributed by atoms with E-state index in [1.807, 2.05) is 42.2 Å². The van der Waals surface area contributed by atoms with Crippen LogP contribution < -0.4 is 10.6 Å². The molecule has 0 bridgehead atoms. The van der Waals surface area contributed by atoms with Crippen LogP contribution in [0, 0.1) is 5.92 Å². The highest BCUT2D eigenvalue weighted by atomic mass is 16.2. The van der Waals surface area contributed by atoms with Crippen molar-refractivity contribution in [1.82, 2.24) is 20.4 Å². The topological polar surface area (TPSA) is 60.0 Å². The maximum Gasteiger partial charge on any atom is 0.242 e. The lowest BCUT2D eigenvalue weighted by molar-refractivity contribution is -0.130. The summed E-state index contributed by atoms with van der Waals surface area (Å²) < 4.78 is 0. The molecule has 1 amide bonds. The van der Waals surface area contributed by atoms with Crippen LogP contribution in [-0.2, 0) is 11.3 Å². The number of rotatable bonds is 9. The molecule has 2 rings (SSSR count). The van der Waals surface area contributed by atoms with Crippen LogP contribution in [0.2, 0.25) is 0 Å².